The minimum absolute atomic E-state index is 0.106. The Labute approximate surface area is 172 Å². The Morgan fingerprint density at radius 1 is 1.00 bits per heavy atom. The van der Waals surface area contributed by atoms with Gasteiger partial charge >= 0.3 is 11.9 Å². The van der Waals surface area contributed by atoms with Crippen molar-refractivity contribution in [3.8, 4) is 11.1 Å². The van der Waals surface area contributed by atoms with E-state index in [-0.39, 0.29) is 17.7 Å². The van der Waals surface area contributed by atoms with Crippen molar-refractivity contribution in [2.75, 3.05) is 11.5 Å². The molecule has 0 radical (unpaired) electrons. The number of thioether (sulfide) groups is 1. The van der Waals surface area contributed by atoms with Gasteiger partial charge < -0.3 is 10.2 Å². The number of benzene rings is 2. The van der Waals surface area contributed by atoms with Crippen LogP contribution in [0, 0.1) is 5.92 Å². The standard InChI is InChI=1S/C21H23NO6S/c23-19(22-28)13-29-8-4-7-16(20(24)25)9-14-10-17(12-18(11-14)21(26)27)15-5-2-1-3-6-15/h1-3,5-6,10-12,16,28H,4,7-9,13H2,(H,22,23)(H,24,25)(H,26,27). The van der Waals surface area contributed by atoms with Crippen molar-refractivity contribution < 1.29 is 29.8 Å². The van der Waals surface area contributed by atoms with Crippen LogP contribution in [0.25, 0.3) is 11.1 Å². The normalized spacial score (nSPS) is 11.6. The van der Waals surface area contributed by atoms with Crippen LogP contribution in [0.15, 0.2) is 48.5 Å². The number of hydrogen-bond acceptors (Lipinski definition) is 5. The zero-order valence-electron chi connectivity index (χ0n) is 15.7. The molecule has 2 aromatic rings. The summed E-state index contributed by atoms with van der Waals surface area (Å²) in [5, 5.41) is 27.4. The van der Waals surface area contributed by atoms with Gasteiger partial charge in [-0.05, 0) is 53.8 Å². The third-order valence-electron chi connectivity index (χ3n) is 4.38. The fraction of sp³-hybridized carbons (Fsp3) is 0.286. The SMILES string of the molecule is O=C(CSCCCC(Cc1cc(C(=O)O)cc(-c2ccccc2)c1)C(=O)O)NO. The number of hydroxylamine groups is 1. The van der Waals surface area contributed by atoms with Crippen molar-refractivity contribution in [2.24, 2.45) is 5.92 Å². The van der Waals surface area contributed by atoms with E-state index in [2.05, 4.69) is 0 Å². The second kappa shape index (κ2) is 11.2. The molecule has 154 valence electrons. The number of carbonyl (C=O) groups is 3. The molecule has 1 unspecified atom stereocenters. The van der Waals surface area contributed by atoms with Crippen LogP contribution >= 0.6 is 11.8 Å². The summed E-state index contributed by atoms with van der Waals surface area (Å²) in [7, 11) is 0. The van der Waals surface area contributed by atoms with E-state index < -0.39 is 23.8 Å². The third kappa shape index (κ3) is 7.24. The fourth-order valence-electron chi connectivity index (χ4n) is 2.96. The third-order valence-corrected chi connectivity index (χ3v) is 5.42. The van der Waals surface area contributed by atoms with Crippen LogP contribution in [-0.2, 0) is 16.0 Å². The van der Waals surface area contributed by atoms with Gasteiger partial charge in [0.25, 0.3) is 5.91 Å². The monoisotopic (exact) mass is 417 g/mol. The topological polar surface area (TPSA) is 124 Å². The maximum atomic E-state index is 11.7. The average molecular weight is 417 g/mol. The number of hydrogen-bond donors (Lipinski definition) is 4. The van der Waals surface area contributed by atoms with Gasteiger partial charge in [0.1, 0.15) is 0 Å². The smallest absolute Gasteiger partial charge is 0.335 e. The van der Waals surface area contributed by atoms with Crippen LogP contribution in [0.2, 0.25) is 0 Å². The first-order chi connectivity index (χ1) is 13.9. The number of carbonyl (C=O) groups excluding carboxylic acids is 1. The maximum absolute atomic E-state index is 11.7. The molecule has 0 aliphatic heterocycles. The molecule has 0 bridgehead atoms. The van der Waals surface area contributed by atoms with E-state index >= 15 is 0 Å². The lowest BCUT2D eigenvalue weighted by Gasteiger charge is -2.14. The predicted octanol–water partition coefficient (Wildman–Crippen LogP) is 3.31. The second-order valence-electron chi connectivity index (χ2n) is 6.56. The summed E-state index contributed by atoms with van der Waals surface area (Å²) in [5.41, 5.74) is 3.92. The number of aliphatic carboxylic acids is 1. The van der Waals surface area contributed by atoms with Crippen LogP contribution in [-0.4, -0.2) is 44.8 Å². The molecule has 0 heterocycles. The Bertz CT molecular complexity index is 856. The van der Waals surface area contributed by atoms with Gasteiger partial charge in [-0.1, -0.05) is 36.4 Å². The Balaban J connectivity index is 2.10. The van der Waals surface area contributed by atoms with E-state index in [9.17, 15) is 24.6 Å². The maximum Gasteiger partial charge on any atom is 0.335 e. The van der Waals surface area contributed by atoms with Gasteiger partial charge in [-0.3, -0.25) is 14.8 Å². The summed E-state index contributed by atoms with van der Waals surface area (Å²) in [6.45, 7) is 0. The van der Waals surface area contributed by atoms with E-state index in [4.69, 9.17) is 5.21 Å². The van der Waals surface area contributed by atoms with Crippen LogP contribution in [0.5, 0.6) is 0 Å². The molecule has 0 saturated carbocycles. The highest BCUT2D eigenvalue weighted by Gasteiger charge is 2.19. The fourth-order valence-corrected chi connectivity index (χ4v) is 3.72. The molecule has 0 saturated heterocycles. The molecule has 1 atom stereocenters. The van der Waals surface area contributed by atoms with Crippen LogP contribution < -0.4 is 5.48 Å². The number of amides is 1. The van der Waals surface area contributed by atoms with Gasteiger partial charge in [0.2, 0.25) is 0 Å². The zero-order valence-corrected chi connectivity index (χ0v) is 16.5. The molecule has 8 heteroatoms. The molecule has 4 N–H and O–H groups in total. The molecule has 0 spiro atoms. The van der Waals surface area contributed by atoms with Gasteiger partial charge in [-0.15, -0.1) is 0 Å². The molecule has 0 fully saturated rings. The van der Waals surface area contributed by atoms with Crippen molar-refractivity contribution in [2.45, 2.75) is 19.3 Å². The first-order valence-corrected chi connectivity index (χ1v) is 10.2. The quantitative estimate of drug-likeness (QED) is 0.251. The van der Waals surface area contributed by atoms with Gasteiger partial charge in [-0.2, -0.15) is 11.8 Å². The molecule has 29 heavy (non-hydrogen) atoms. The Kier molecular flexibility index (Phi) is 8.69. The highest BCUT2D eigenvalue weighted by Crippen LogP contribution is 2.25. The van der Waals surface area contributed by atoms with Crippen molar-refractivity contribution >= 4 is 29.6 Å². The van der Waals surface area contributed by atoms with E-state index in [1.807, 2.05) is 36.4 Å². The van der Waals surface area contributed by atoms with Crippen LogP contribution in [0.4, 0.5) is 0 Å². The molecular weight excluding hydrogens is 394 g/mol. The summed E-state index contributed by atoms with van der Waals surface area (Å²) in [5.74, 6) is -2.46. The first kappa shape index (κ1) is 22.4. The summed E-state index contributed by atoms with van der Waals surface area (Å²) >= 11 is 1.31. The van der Waals surface area contributed by atoms with E-state index in [0.29, 0.717) is 24.2 Å². The number of carboxylic acid groups (broad SMARTS) is 2. The van der Waals surface area contributed by atoms with Crippen LogP contribution in [0.1, 0.15) is 28.8 Å². The second-order valence-corrected chi connectivity index (χ2v) is 7.66. The van der Waals surface area contributed by atoms with Crippen LogP contribution in [0.3, 0.4) is 0 Å². The highest BCUT2D eigenvalue weighted by molar-refractivity contribution is 7.99. The number of carboxylic acids is 2. The van der Waals surface area contributed by atoms with E-state index in [1.165, 1.54) is 17.8 Å². The van der Waals surface area contributed by atoms with Crippen molar-refractivity contribution in [1.82, 2.24) is 5.48 Å². The van der Waals surface area contributed by atoms with E-state index in [0.717, 1.165) is 11.1 Å². The van der Waals surface area contributed by atoms with Gasteiger partial charge in [0.15, 0.2) is 0 Å². The Hall–Kier alpha value is -2.84. The largest absolute Gasteiger partial charge is 0.481 e. The minimum atomic E-state index is -1.06. The number of aromatic carboxylic acids is 1. The summed E-state index contributed by atoms with van der Waals surface area (Å²) in [6.07, 6.45) is 1.21. The summed E-state index contributed by atoms with van der Waals surface area (Å²) < 4.78 is 0. The van der Waals surface area contributed by atoms with E-state index in [1.54, 1.807) is 11.5 Å². The summed E-state index contributed by atoms with van der Waals surface area (Å²) in [4.78, 5) is 34.2. The zero-order chi connectivity index (χ0) is 21.2. The van der Waals surface area contributed by atoms with Crippen molar-refractivity contribution in [1.29, 1.82) is 0 Å². The molecule has 0 aliphatic rings. The molecule has 0 aliphatic carbocycles. The summed E-state index contributed by atoms with van der Waals surface area (Å²) in [6, 6.07) is 14.3. The average Bonchev–Trinajstić information content (AvgIpc) is 2.72. The van der Waals surface area contributed by atoms with Gasteiger partial charge in [0, 0.05) is 0 Å². The molecule has 1 amide bonds. The highest BCUT2D eigenvalue weighted by atomic mass is 32.2. The lowest BCUT2D eigenvalue weighted by molar-refractivity contribution is -0.142. The lowest BCUT2D eigenvalue weighted by atomic mass is 9.91. The predicted molar refractivity (Wildman–Crippen MR) is 110 cm³/mol. The Morgan fingerprint density at radius 2 is 1.72 bits per heavy atom. The first-order valence-electron chi connectivity index (χ1n) is 9.07. The molecular formula is C21H23NO6S. The molecule has 7 nitrogen and oxygen atoms in total. The lowest BCUT2D eigenvalue weighted by Crippen LogP contribution is -2.21. The number of rotatable bonds is 11. The molecule has 2 rings (SSSR count). The van der Waals surface area contributed by atoms with Gasteiger partial charge in [0.05, 0.1) is 17.2 Å². The number of nitrogens with one attached hydrogen (secondary N) is 1. The van der Waals surface area contributed by atoms with Gasteiger partial charge in [-0.25, -0.2) is 10.3 Å². The molecule has 2 aromatic carbocycles. The Morgan fingerprint density at radius 3 is 2.34 bits per heavy atom. The molecule has 0 aromatic heterocycles. The van der Waals surface area contributed by atoms with Crippen molar-refractivity contribution in [3.63, 3.8) is 0 Å². The van der Waals surface area contributed by atoms with Crippen molar-refractivity contribution in [3.05, 3.63) is 59.7 Å². The minimum Gasteiger partial charge on any atom is -0.481 e.